The van der Waals surface area contributed by atoms with Crippen LogP contribution in [-0.4, -0.2) is 38.3 Å². The normalized spacial score (nSPS) is 28.4. The van der Waals surface area contributed by atoms with Gasteiger partial charge in [0.15, 0.2) is 0 Å². The van der Waals surface area contributed by atoms with E-state index in [1.54, 1.807) is 0 Å². The summed E-state index contributed by atoms with van der Waals surface area (Å²) in [6.07, 6.45) is 5.65. The SMILES string of the molecule is CC1(C)C2CCC(CCOCC[N+](C)(C)Cc3ccccc3)C1C2. The van der Waals surface area contributed by atoms with Crippen LogP contribution >= 0.6 is 0 Å². The average Bonchev–Trinajstić information content (AvgIpc) is 2.55. The molecule has 3 aliphatic carbocycles. The lowest BCUT2D eigenvalue weighted by Gasteiger charge is -2.60. The number of ether oxygens (including phenoxy) is 1. The first-order valence-corrected chi connectivity index (χ1v) is 9.82. The van der Waals surface area contributed by atoms with Crippen molar-refractivity contribution in [2.45, 2.75) is 46.1 Å². The Labute approximate surface area is 148 Å². The molecule has 4 rings (SSSR count). The van der Waals surface area contributed by atoms with Crippen molar-refractivity contribution in [3.05, 3.63) is 35.9 Å². The van der Waals surface area contributed by atoms with Crippen molar-refractivity contribution >= 4 is 0 Å². The number of likely N-dealkylation sites (N-methyl/N-ethyl adjacent to an activating group) is 1. The fraction of sp³-hybridized carbons (Fsp3) is 0.727. The lowest BCUT2D eigenvalue weighted by molar-refractivity contribution is -0.904. The van der Waals surface area contributed by atoms with Crippen LogP contribution in [0.4, 0.5) is 0 Å². The van der Waals surface area contributed by atoms with Crippen LogP contribution < -0.4 is 0 Å². The highest BCUT2D eigenvalue weighted by molar-refractivity contribution is 5.13. The predicted molar refractivity (Wildman–Crippen MR) is 101 cm³/mol. The van der Waals surface area contributed by atoms with Crippen molar-refractivity contribution in [1.29, 1.82) is 0 Å². The molecule has 0 radical (unpaired) electrons. The summed E-state index contributed by atoms with van der Waals surface area (Å²) in [4.78, 5) is 0. The van der Waals surface area contributed by atoms with Gasteiger partial charge in [0.1, 0.15) is 13.1 Å². The maximum absolute atomic E-state index is 6.03. The van der Waals surface area contributed by atoms with Crippen LogP contribution in [0.25, 0.3) is 0 Å². The van der Waals surface area contributed by atoms with Crippen molar-refractivity contribution in [3.8, 4) is 0 Å². The van der Waals surface area contributed by atoms with E-state index >= 15 is 0 Å². The summed E-state index contributed by atoms with van der Waals surface area (Å²) >= 11 is 0. The van der Waals surface area contributed by atoms with Crippen molar-refractivity contribution in [2.75, 3.05) is 33.9 Å². The molecule has 2 nitrogen and oxygen atoms in total. The monoisotopic (exact) mass is 330 g/mol. The molecule has 3 saturated carbocycles. The van der Waals surface area contributed by atoms with Crippen molar-refractivity contribution in [3.63, 3.8) is 0 Å². The minimum Gasteiger partial charge on any atom is -0.376 e. The molecule has 0 spiro atoms. The smallest absolute Gasteiger partial charge is 0.104 e. The van der Waals surface area contributed by atoms with E-state index in [1.807, 2.05) is 0 Å². The van der Waals surface area contributed by atoms with Gasteiger partial charge in [0.25, 0.3) is 0 Å². The van der Waals surface area contributed by atoms with Gasteiger partial charge in [0, 0.05) is 12.2 Å². The van der Waals surface area contributed by atoms with Gasteiger partial charge >= 0.3 is 0 Å². The number of rotatable bonds is 8. The van der Waals surface area contributed by atoms with E-state index in [0.717, 1.165) is 48.5 Å². The molecular formula is C22H36NO+. The lowest BCUT2D eigenvalue weighted by atomic mass is 9.45. The molecule has 3 atom stereocenters. The number of benzene rings is 1. The third-order valence-electron chi connectivity index (χ3n) is 6.93. The molecule has 0 aliphatic heterocycles. The van der Waals surface area contributed by atoms with E-state index in [4.69, 9.17) is 4.74 Å². The molecular weight excluding hydrogens is 294 g/mol. The molecule has 24 heavy (non-hydrogen) atoms. The summed E-state index contributed by atoms with van der Waals surface area (Å²) in [5, 5.41) is 0. The zero-order chi connectivity index (χ0) is 17.2. The average molecular weight is 331 g/mol. The van der Waals surface area contributed by atoms with Gasteiger partial charge in [0.05, 0.1) is 20.7 Å². The summed E-state index contributed by atoms with van der Waals surface area (Å²) in [6.45, 7) is 8.96. The molecule has 0 heterocycles. The second kappa shape index (κ2) is 7.17. The number of nitrogens with zero attached hydrogens (tertiary/aromatic N) is 1. The van der Waals surface area contributed by atoms with E-state index in [1.165, 1.54) is 31.2 Å². The van der Waals surface area contributed by atoms with E-state index < -0.39 is 0 Å². The minimum absolute atomic E-state index is 0.609. The fourth-order valence-corrected chi connectivity index (χ4v) is 5.11. The first-order valence-electron chi connectivity index (χ1n) is 9.82. The molecule has 1 aromatic rings. The highest BCUT2D eigenvalue weighted by atomic mass is 16.5. The van der Waals surface area contributed by atoms with Gasteiger partial charge in [-0.25, -0.2) is 0 Å². The topological polar surface area (TPSA) is 9.23 Å². The van der Waals surface area contributed by atoms with Crippen LogP contribution in [0, 0.1) is 23.2 Å². The third-order valence-corrected chi connectivity index (χ3v) is 6.93. The second-order valence-electron chi connectivity index (χ2n) is 9.40. The number of hydrogen-bond acceptors (Lipinski definition) is 1. The van der Waals surface area contributed by atoms with Crippen LogP contribution in [0.3, 0.4) is 0 Å². The van der Waals surface area contributed by atoms with E-state index in [0.29, 0.717) is 5.41 Å². The molecule has 2 heteroatoms. The molecule has 1 aromatic carbocycles. The largest absolute Gasteiger partial charge is 0.376 e. The summed E-state index contributed by atoms with van der Waals surface area (Å²) < 4.78 is 7.02. The molecule has 3 aliphatic rings. The van der Waals surface area contributed by atoms with Gasteiger partial charge in [-0.1, -0.05) is 44.2 Å². The number of fused-ring (bicyclic) bond motifs is 2. The molecule has 134 valence electrons. The first-order chi connectivity index (χ1) is 11.4. The van der Waals surface area contributed by atoms with Gasteiger partial charge in [-0.05, 0) is 48.9 Å². The Morgan fingerprint density at radius 3 is 2.50 bits per heavy atom. The Balaban J connectivity index is 1.34. The van der Waals surface area contributed by atoms with Crippen LogP contribution in [0.15, 0.2) is 30.3 Å². The molecule has 0 N–H and O–H groups in total. The Hall–Kier alpha value is -0.860. The number of quaternary nitrogens is 1. The van der Waals surface area contributed by atoms with Crippen molar-refractivity contribution in [2.24, 2.45) is 23.2 Å². The quantitative estimate of drug-likeness (QED) is 0.494. The van der Waals surface area contributed by atoms with Crippen LogP contribution in [-0.2, 0) is 11.3 Å². The molecule has 2 bridgehead atoms. The summed E-state index contributed by atoms with van der Waals surface area (Å²) in [7, 11) is 4.60. The second-order valence-corrected chi connectivity index (χ2v) is 9.40. The molecule has 0 saturated heterocycles. The third kappa shape index (κ3) is 4.03. The summed E-state index contributed by atoms with van der Waals surface area (Å²) in [5.74, 6) is 2.89. The minimum atomic E-state index is 0.609. The van der Waals surface area contributed by atoms with Gasteiger partial charge in [-0.15, -0.1) is 0 Å². The number of hydrogen-bond donors (Lipinski definition) is 0. The standard InChI is InChI=1S/C22H36NO/c1-22(2)20-11-10-19(21(22)16-20)12-14-24-15-13-23(3,4)17-18-8-6-5-7-9-18/h5-9,19-21H,10-17H2,1-4H3/q+1. The van der Waals surface area contributed by atoms with Crippen LogP contribution in [0.5, 0.6) is 0 Å². The molecule has 0 amide bonds. The Bertz CT molecular complexity index is 520. The van der Waals surface area contributed by atoms with Crippen molar-refractivity contribution < 1.29 is 9.22 Å². The van der Waals surface area contributed by atoms with Gasteiger partial charge in [-0.2, -0.15) is 0 Å². The lowest BCUT2D eigenvalue weighted by Crippen LogP contribution is -2.52. The van der Waals surface area contributed by atoms with Crippen LogP contribution in [0.1, 0.15) is 45.1 Å². The highest BCUT2D eigenvalue weighted by Gasteiger charge is 2.53. The predicted octanol–water partition coefficient (Wildman–Crippen LogP) is 4.74. The summed E-state index contributed by atoms with van der Waals surface area (Å²) in [6, 6.07) is 10.8. The van der Waals surface area contributed by atoms with Crippen LogP contribution in [0.2, 0.25) is 0 Å². The molecule has 3 unspecified atom stereocenters. The van der Waals surface area contributed by atoms with E-state index in [-0.39, 0.29) is 0 Å². The van der Waals surface area contributed by atoms with Crippen molar-refractivity contribution in [1.82, 2.24) is 0 Å². The molecule has 3 fully saturated rings. The van der Waals surface area contributed by atoms with Gasteiger partial charge in [-0.3, -0.25) is 0 Å². The van der Waals surface area contributed by atoms with Gasteiger partial charge in [0.2, 0.25) is 0 Å². The van der Waals surface area contributed by atoms with Gasteiger partial charge < -0.3 is 9.22 Å². The maximum Gasteiger partial charge on any atom is 0.104 e. The Morgan fingerprint density at radius 1 is 1.08 bits per heavy atom. The Kier molecular flexibility index (Phi) is 5.36. The summed E-state index contributed by atoms with van der Waals surface area (Å²) in [5.41, 5.74) is 2.02. The molecule has 0 aromatic heterocycles. The van der Waals surface area contributed by atoms with E-state index in [9.17, 15) is 0 Å². The zero-order valence-corrected chi connectivity index (χ0v) is 16.1. The zero-order valence-electron chi connectivity index (χ0n) is 16.1. The highest BCUT2D eigenvalue weighted by Crippen LogP contribution is 2.61. The fourth-order valence-electron chi connectivity index (χ4n) is 5.11. The Morgan fingerprint density at radius 2 is 1.83 bits per heavy atom. The first kappa shape index (κ1) is 17.9. The maximum atomic E-state index is 6.03. The van der Waals surface area contributed by atoms with E-state index in [2.05, 4.69) is 58.3 Å².